The lowest BCUT2D eigenvalue weighted by Gasteiger charge is -2.38. The van der Waals surface area contributed by atoms with E-state index in [-0.39, 0.29) is 32.1 Å². The van der Waals surface area contributed by atoms with Crippen molar-refractivity contribution >= 4 is 36.3 Å². The van der Waals surface area contributed by atoms with Crippen LogP contribution in [0.15, 0.2) is 18.2 Å². The number of hydrogen-bond acceptors (Lipinski definition) is 10. The van der Waals surface area contributed by atoms with E-state index in [9.17, 15) is 14.4 Å². The molecule has 13 heteroatoms. The first kappa shape index (κ1) is 36.9. The highest BCUT2D eigenvalue weighted by molar-refractivity contribution is 7.74. The molecule has 1 unspecified atom stereocenters. The van der Waals surface area contributed by atoms with E-state index in [4.69, 9.17) is 10.3 Å². The number of likely N-dealkylation sites (N-methyl/N-ethyl adjacent to an activating group) is 1. The van der Waals surface area contributed by atoms with Gasteiger partial charge in [0.25, 0.3) is 11.8 Å². The van der Waals surface area contributed by atoms with E-state index in [0.29, 0.717) is 31.0 Å². The first-order valence-corrected chi connectivity index (χ1v) is 15.4. The molecular formula is C30H55N7O5S. The van der Waals surface area contributed by atoms with Crippen molar-refractivity contribution in [3.05, 3.63) is 29.3 Å². The summed E-state index contributed by atoms with van der Waals surface area (Å²) >= 11 is 2.53. The number of nitrogens with one attached hydrogen (secondary N) is 2. The van der Waals surface area contributed by atoms with Gasteiger partial charge in [-0.25, -0.2) is 0 Å². The third-order valence-corrected chi connectivity index (χ3v) is 9.01. The highest BCUT2D eigenvalue weighted by atomic mass is 32.1. The second-order valence-electron chi connectivity index (χ2n) is 11.7. The number of rotatable bonds is 4. The maximum Gasteiger partial charge on any atom is 0.255 e. The Morgan fingerprint density at radius 2 is 1.56 bits per heavy atom. The number of thiol groups is 1. The summed E-state index contributed by atoms with van der Waals surface area (Å²) < 4.78 is 6.69. The number of likely N-dealkylation sites (tertiary alicyclic amines) is 1. The molecule has 1 aromatic rings. The topological polar surface area (TPSA) is 166 Å². The van der Waals surface area contributed by atoms with Crippen LogP contribution in [0.4, 0.5) is 5.69 Å². The number of anilines is 1. The molecule has 12 nitrogen and oxygen atoms in total. The monoisotopic (exact) mass is 625 g/mol. The minimum atomic E-state index is -0.542. The van der Waals surface area contributed by atoms with Gasteiger partial charge in [0.2, 0.25) is 5.91 Å². The van der Waals surface area contributed by atoms with Gasteiger partial charge in [0.15, 0.2) is 0 Å². The maximum absolute atomic E-state index is 13.0. The minimum absolute atomic E-state index is 0. The molecule has 0 spiro atoms. The molecule has 5 heterocycles. The van der Waals surface area contributed by atoms with Gasteiger partial charge in [0.05, 0.1) is 0 Å². The second kappa shape index (κ2) is 17.9. The zero-order chi connectivity index (χ0) is 29.4. The average Bonchev–Trinajstić information content (AvgIpc) is 3.34. The molecule has 0 aromatic heterocycles. The standard InChI is InChI=1S/C24H33N5O3.C5H12N2.CH4.H2OS.H2O.H2/c1-26-22(30)5-4-21(24(26)32)29-16-18-14-19(2-3-20(18)23(29)31)28-12-10-27(11-13-28)15-17-6-8-25-9-7-17;6-5-1-3-7-4-2-5;;1-2;;/h2-3,14,17,21,25H,4-13,15-16H2,1H3;5,7H,1-4,6H2;1H4;1-2H;1H2;1H. The fourth-order valence-corrected chi connectivity index (χ4v) is 6.43. The van der Waals surface area contributed by atoms with Crippen LogP contribution >= 0.6 is 12.9 Å². The Balaban J connectivity index is 0.000000707. The van der Waals surface area contributed by atoms with Crippen LogP contribution in [0.5, 0.6) is 0 Å². The van der Waals surface area contributed by atoms with Crippen LogP contribution in [-0.2, 0) is 16.1 Å². The largest absolute Gasteiger partial charge is 0.412 e. The molecule has 0 aliphatic carbocycles. The number of nitrogens with zero attached hydrogens (tertiary/aromatic N) is 4. The molecule has 0 saturated carbocycles. The summed E-state index contributed by atoms with van der Waals surface area (Å²) in [6, 6.07) is 6.01. The summed E-state index contributed by atoms with van der Waals surface area (Å²) in [5.41, 5.74) is 8.42. The summed E-state index contributed by atoms with van der Waals surface area (Å²) in [7, 11) is 1.51. The van der Waals surface area contributed by atoms with Crippen molar-refractivity contribution in [2.45, 2.75) is 64.6 Å². The molecule has 246 valence electrons. The smallest absolute Gasteiger partial charge is 0.255 e. The number of benzene rings is 1. The predicted molar refractivity (Wildman–Crippen MR) is 176 cm³/mol. The van der Waals surface area contributed by atoms with Crippen molar-refractivity contribution in [2.75, 3.05) is 70.9 Å². The Hall–Kier alpha value is -2.26. The molecule has 3 amide bonds. The molecule has 0 radical (unpaired) electrons. The van der Waals surface area contributed by atoms with Crippen molar-refractivity contribution in [3.63, 3.8) is 0 Å². The molecule has 5 aliphatic rings. The minimum Gasteiger partial charge on any atom is -0.412 e. The fourth-order valence-electron chi connectivity index (χ4n) is 6.43. The van der Waals surface area contributed by atoms with Gasteiger partial charge in [-0.3, -0.25) is 24.2 Å². The van der Waals surface area contributed by atoms with Gasteiger partial charge in [-0.05, 0) is 101 Å². The molecule has 4 fully saturated rings. The fraction of sp³-hybridized carbons (Fsp3) is 0.700. The average molecular weight is 626 g/mol. The number of piperidine rings is 3. The van der Waals surface area contributed by atoms with Crippen LogP contribution < -0.4 is 21.3 Å². The third-order valence-electron chi connectivity index (χ3n) is 9.01. The van der Waals surface area contributed by atoms with Crippen LogP contribution in [0.3, 0.4) is 0 Å². The molecule has 7 N–H and O–H groups in total. The third kappa shape index (κ3) is 9.37. The first-order chi connectivity index (χ1) is 19.9. The highest BCUT2D eigenvalue weighted by Gasteiger charge is 2.41. The number of piperazine rings is 1. The van der Waals surface area contributed by atoms with Crippen LogP contribution in [0.2, 0.25) is 0 Å². The summed E-state index contributed by atoms with van der Waals surface area (Å²) in [5, 5.41) is 6.68. The van der Waals surface area contributed by atoms with E-state index in [1.54, 1.807) is 4.90 Å². The van der Waals surface area contributed by atoms with Gasteiger partial charge < -0.3 is 36.2 Å². The van der Waals surface area contributed by atoms with Gasteiger partial charge in [-0.1, -0.05) is 7.43 Å². The van der Waals surface area contributed by atoms with Crippen LogP contribution in [0.1, 0.15) is 63.3 Å². The van der Waals surface area contributed by atoms with E-state index in [1.807, 2.05) is 12.1 Å². The first-order valence-electron chi connectivity index (χ1n) is 15.0. The predicted octanol–water partition coefficient (Wildman–Crippen LogP) is 1.06. The molecule has 0 bridgehead atoms. The van der Waals surface area contributed by atoms with Crippen molar-refractivity contribution in [2.24, 2.45) is 11.7 Å². The Morgan fingerprint density at radius 1 is 0.953 bits per heavy atom. The summed E-state index contributed by atoms with van der Waals surface area (Å²) in [5.74, 6) is 0.278. The molecule has 43 heavy (non-hydrogen) atoms. The Kier molecular flexibility index (Phi) is 15.4. The zero-order valence-electron chi connectivity index (χ0n) is 24.8. The Bertz CT molecular complexity index is 1050. The number of hydrogen-bond donors (Lipinski definition) is 5. The Labute approximate surface area is 263 Å². The molecular weight excluding hydrogens is 570 g/mol. The summed E-state index contributed by atoms with van der Waals surface area (Å²) in [4.78, 5) is 45.2. The SMILES string of the molecule is C.CN1C(=O)CCC(N2Cc3cc(N4CCN(CC5CCNCC5)CC4)ccc3C2=O)C1=O.NC1CCNCC1.O.OS.[HH]. The van der Waals surface area contributed by atoms with Gasteiger partial charge in [-0.15, -0.1) is 0 Å². The molecule has 1 atom stereocenters. The second-order valence-corrected chi connectivity index (χ2v) is 11.7. The maximum atomic E-state index is 13.0. The summed E-state index contributed by atoms with van der Waals surface area (Å²) in [6.45, 7) is 10.3. The van der Waals surface area contributed by atoms with E-state index in [2.05, 4.69) is 39.4 Å². The van der Waals surface area contributed by atoms with Gasteiger partial charge >= 0.3 is 0 Å². The molecule has 1 aromatic carbocycles. The number of carbonyl (C=O) groups is 3. The summed E-state index contributed by atoms with van der Waals surface area (Å²) in [6.07, 6.45) is 5.58. The number of carbonyl (C=O) groups excluding carboxylic acids is 3. The lowest BCUT2D eigenvalue weighted by atomic mass is 9.97. The number of fused-ring (bicyclic) bond motifs is 1. The highest BCUT2D eigenvalue weighted by Crippen LogP contribution is 2.32. The van der Waals surface area contributed by atoms with Crippen molar-refractivity contribution < 1.29 is 25.8 Å². The van der Waals surface area contributed by atoms with Crippen molar-refractivity contribution in [1.82, 2.24) is 25.3 Å². The lowest BCUT2D eigenvalue weighted by Crippen LogP contribution is -2.53. The molecule has 5 aliphatic heterocycles. The van der Waals surface area contributed by atoms with Gasteiger partial charge in [0, 0.05) is 71.5 Å². The Morgan fingerprint density at radius 3 is 2.14 bits per heavy atom. The van der Waals surface area contributed by atoms with E-state index in [0.717, 1.165) is 82.4 Å². The van der Waals surface area contributed by atoms with Crippen LogP contribution in [-0.4, -0.2) is 120 Å². The van der Waals surface area contributed by atoms with Crippen LogP contribution in [0.25, 0.3) is 0 Å². The van der Waals surface area contributed by atoms with Crippen molar-refractivity contribution in [1.29, 1.82) is 0 Å². The van der Waals surface area contributed by atoms with E-state index < -0.39 is 6.04 Å². The van der Waals surface area contributed by atoms with Gasteiger partial charge in [0.1, 0.15) is 6.04 Å². The number of amides is 3. The molecule has 4 saturated heterocycles. The van der Waals surface area contributed by atoms with E-state index >= 15 is 0 Å². The van der Waals surface area contributed by atoms with Crippen LogP contribution in [0, 0.1) is 5.92 Å². The number of nitrogens with two attached hydrogens (primary N) is 1. The molecule has 6 rings (SSSR count). The zero-order valence-corrected chi connectivity index (χ0v) is 25.7. The van der Waals surface area contributed by atoms with E-state index in [1.165, 1.54) is 31.3 Å². The van der Waals surface area contributed by atoms with Gasteiger partial charge in [-0.2, -0.15) is 0 Å². The normalized spacial score (nSPS) is 23.3. The van der Waals surface area contributed by atoms with Crippen molar-refractivity contribution in [3.8, 4) is 0 Å². The quantitative estimate of drug-likeness (QED) is 0.187. The lowest BCUT2D eigenvalue weighted by molar-refractivity contribution is -0.150. The number of imide groups is 1.